The molecule has 0 saturated carbocycles. The highest BCUT2D eigenvalue weighted by Crippen LogP contribution is 2.32. The van der Waals surface area contributed by atoms with Crippen molar-refractivity contribution in [2.45, 2.75) is 6.92 Å². The lowest BCUT2D eigenvalue weighted by Gasteiger charge is -2.12. The standard InChI is InChI=1S/C23H19N3O/c1-4-16-7-8-18(12-15(16)2)23-19(6-5-11-24-23)17-9-10-20-21(13-17)26(3)22(27)14-25-20/h4-14H,1H2,2-3H3. The molecule has 0 bridgehead atoms. The summed E-state index contributed by atoms with van der Waals surface area (Å²) >= 11 is 0. The van der Waals surface area contributed by atoms with E-state index in [1.54, 1.807) is 17.8 Å². The third-order valence-electron chi connectivity index (χ3n) is 4.86. The van der Waals surface area contributed by atoms with Gasteiger partial charge in [-0.1, -0.05) is 36.9 Å². The molecular weight excluding hydrogens is 334 g/mol. The summed E-state index contributed by atoms with van der Waals surface area (Å²) in [6, 6.07) is 16.2. The third-order valence-corrected chi connectivity index (χ3v) is 4.86. The van der Waals surface area contributed by atoms with E-state index in [1.165, 1.54) is 6.20 Å². The summed E-state index contributed by atoms with van der Waals surface area (Å²) < 4.78 is 1.62. The first-order chi connectivity index (χ1) is 13.1. The average Bonchev–Trinajstić information content (AvgIpc) is 2.70. The summed E-state index contributed by atoms with van der Waals surface area (Å²) in [4.78, 5) is 20.8. The Morgan fingerprint density at radius 1 is 1.04 bits per heavy atom. The Kier molecular flexibility index (Phi) is 4.16. The summed E-state index contributed by atoms with van der Waals surface area (Å²) in [6.07, 6.45) is 5.00. The minimum Gasteiger partial charge on any atom is -0.309 e. The van der Waals surface area contributed by atoms with E-state index in [9.17, 15) is 4.79 Å². The zero-order valence-corrected chi connectivity index (χ0v) is 15.3. The maximum Gasteiger partial charge on any atom is 0.269 e. The van der Waals surface area contributed by atoms with E-state index in [1.807, 2.05) is 30.3 Å². The number of hydrogen-bond donors (Lipinski definition) is 0. The fourth-order valence-electron chi connectivity index (χ4n) is 3.32. The number of pyridine rings is 1. The van der Waals surface area contributed by atoms with Gasteiger partial charge >= 0.3 is 0 Å². The molecule has 4 aromatic rings. The molecule has 4 heteroatoms. The van der Waals surface area contributed by atoms with Crippen molar-refractivity contribution >= 4 is 17.1 Å². The van der Waals surface area contributed by atoms with Crippen molar-refractivity contribution in [2.75, 3.05) is 0 Å². The molecule has 2 aromatic carbocycles. The molecule has 4 nitrogen and oxygen atoms in total. The molecule has 2 aromatic heterocycles. The molecule has 132 valence electrons. The molecule has 0 radical (unpaired) electrons. The van der Waals surface area contributed by atoms with Crippen LogP contribution in [-0.2, 0) is 7.05 Å². The highest BCUT2D eigenvalue weighted by Gasteiger charge is 2.11. The maximum atomic E-state index is 11.9. The highest BCUT2D eigenvalue weighted by molar-refractivity contribution is 5.87. The van der Waals surface area contributed by atoms with E-state index in [0.29, 0.717) is 0 Å². The zero-order chi connectivity index (χ0) is 19.0. The molecule has 0 N–H and O–H groups in total. The van der Waals surface area contributed by atoms with E-state index in [0.717, 1.165) is 44.5 Å². The monoisotopic (exact) mass is 353 g/mol. The fourth-order valence-corrected chi connectivity index (χ4v) is 3.32. The second kappa shape index (κ2) is 6.65. The van der Waals surface area contributed by atoms with E-state index >= 15 is 0 Å². The largest absolute Gasteiger partial charge is 0.309 e. The van der Waals surface area contributed by atoms with Crippen LogP contribution < -0.4 is 5.56 Å². The second-order valence-corrected chi connectivity index (χ2v) is 6.53. The van der Waals surface area contributed by atoms with Crippen LogP contribution in [0.3, 0.4) is 0 Å². The first-order valence-electron chi connectivity index (χ1n) is 8.73. The van der Waals surface area contributed by atoms with Gasteiger partial charge in [-0.2, -0.15) is 0 Å². The lowest BCUT2D eigenvalue weighted by atomic mass is 9.96. The molecule has 0 saturated heterocycles. The van der Waals surface area contributed by atoms with Gasteiger partial charge in [-0.3, -0.25) is 9.78 Å². The Morgan fingerprint density at radius 3 is 2.63 bits per heavy atom. The summed E-state index contributed by atoms with van der Waals surface area (Å²) in [5.74, 6) is 0. The summed E-state index contributed by atoms with van der Waals surface area (Å²) in [5.41, 5.74) is 7.71. The quantitative estimate of drug-likeness (QED) is 0.540. The van der Waals surface area contributed by atoms with Gasteiger partial charge in [0.1, 0.15) is 0 Å². The van der Waals surface area contributed by atoms with Gasteiger partial charge in [0, 0.05) is 24.4 Å². The van der Waals surface area contributed by atoms with Gasteiger partial charge in [0.05, 0.1) is 22.9 Å². The van der Waals surface area contributed by atoms with Gasteiger partial charge in [-0.15, -0.1) is 0 Å². The molecule has 0 fully saturated rings. The predicted octanol–water partition coefficient (Wildman–Crippen LogP) is 4.61. The molecule has 2 heterocycles. The van der Waals surface area contributed by atoms with Gasteiger partial charge in [-0.05, 0) is 47.9 Å². The van der Waals surface area contributed by atoms with E-state index in [-0.39, 0.29) is 5.56 Å². The van der Waals surface area contributed by atoms with Crippen molar-refractivity contribution in [1.82, 2.24) is 14.5 Å². The topological polar surface area (TPSA) is 47.8 Å². The first-order valence-corrected chi connectivity index (χ1v) is 8.73. The molecule has 27 heavy (non-hydrogen) atoms. The van der Waals surface area contributed by atoms with Crippen LogP contribution in [0, 0.1) is 6.92 Å². The van der Waals surface area contributed by atoms with Crippen LogP contribution in [0.1, 0.15) is 11.1 Å². The van der Waals surface area contributed by atoms with Crippen molar-refractivity contribution in [3.05, 3.63) is 89.0 Å². The predicted molar refractivity (Wildman–Crippen MR) is 110 cm³/mol. The van der Waals surface area contributed by atoms with Crippen LogP contribution in [-0.4, -0.2) is 14.5 Å². The lowest BCUT2D eigenvalue weighted by molar-refractivity contribution is 0.892. The van der Waals surface area contributed by atoms with Gasteiger partial charge in [0.25, 0.3) is 5.56 Å². The number of aryl methyl sites for hydroxylation is 2. The van der Waals surface area contributed by atoms with Gasteiger partial charge in [0.15, 0.2) is 0 Å². The van der Waals surface area contributed by atoms with Crippen LogP contribution in [0.25, 0.3) is 39.5 Å². The summed E-state index contributed by atoms with van der Waals surface area (Å²) in [7, 11) is 1.76. The Bertz CT molecular complexity index is 1240. The van der Waals surface area contributed by atoms with Crippen LogP contribution in [0.15, 0.2) is 72.3 Å². The molecule has 0 spiro atoms. The first kappa shape index (κ1) is 16.9. The molecule has 0 unspecified atom stereocenters. The fraction of sp³-hybridized carbons (Fsp3) is 0.0870. The van der Waals surface area contributed by atoms with Crippen molar-refractivity contribution in [2.24, 2.45) is 7.05 Å². The van der Waals surface area contributed by atoms with E-state index in [4.69, 9.17) is 0 Å². The smallest absolute Gasteiger partial charge is 0.269 e. The lowest BCUT2D eigenvalue weighted by Crippen LogP contribution is -2.16. The molecule has 4 rings (SSSR count). The minimum absolute atomic E-state index is 0.123. The third kappa shape index (κ3) is 2.95. The van der Waals surface area contributed by atoms with Crippen molar-refractivity contribution in [3.8, 4) is 22.4 Å². The summed E-state index contributed by atoms with van der Waals surface area (Å²) in [6.45, 7) is 5.92. The van der Waals surface area contributed by atoms with Gasteiger partial charge in [0.2, 0.25) is 0 Å². The Balaban J connectivity index is 1.92. The number of nitrogens with zero attached hydrogens (tertiary/aromatic N) is 3. The second-order valence-electron chi connectivity index (χ2n) is 6.53. The van der Waals surface area contributed by atoms with Crippen molar-refractivity contribution in [1.29, 1.82) is 0 Å². The number of aromatic nitrogens is 3. The Labute approximate surface area is 157 Å². The zero-order valence-electron chi connectivity index (χ0n) is 15.3. The Hall–Kier alpha value is -3.53. The van der Waals surface area contributed by atoms with Gasteiger partial charge in [-0.25, -0.2) is 4.98 Å². The Morgan fingerprint density at radius 2 is 1.85 bits per heavy atom. The number of rotatable bonds is 3. The molecule has 0 aliphatic carbocycles. The van der Waals surface area contributed by atoms with Crippen LogP contribution in [0.2, 0.25) is 0 Å². The number of fused-ring (bicyclic) bond motifs is 1. The highest BCUT2D eigenvalue weighted by atomic mass is 16.1. The summed E-state index contributed by atoms with van der Waals surface area (Å²) in [5, 5.41) is 0. The van der Waals surface area contributed by atoms with Crippen LogP contribution in [0.5, 0.6) is 0 Å². The molecule has 0 atom stereocenters. The molecule has 0 aliphatic rings. The van der Waals surface area contributed by atoms with E-state index in [2.05, 4.69) is 47.7 Å². The molecule has 0 aliphatic heterocycles. The molecular formula is C23H19N3O. The minimum atomic E-state index is -0.123. The van der Waals surface area contributed by atoms with Crippen molar-refractivity contribution < 1.29 is 0 Å². The normalized spacial score (nSPS) is 10.9. The van der Waals surface area contributed by atoms with Crippen LogP contribution in [0.4, 0.5) is 0 Å². The number of hydrogen-bond acceptors (Lipinski definition) is 3. The van der Waals surface area contributed by atoms with Crippen molar-refractivity contribution in [3.63, 3.8) is 0 Å². The number of benzene rings is 2. The maximum absolute atomic E-state index is 11.9. The molecule has 0 amide bonds. The average molecular weight is 353 g/mol. The SMILES string of the molecule is C=Cc1ccc(-c2ncccc2-c2ccc3ncc(=O)n(C)c3c2)cc1C. The van der Waals surface area contributed by atoms with Crippen LogP contribution >= 0.6 is 0 Å². The van der Waals surface area contributed by atoms with E-state index < -0.39 is 0 Å². The van der Waals surface area contributed by atoms with Gasteiger partial charge < -0.3 is 4.57 Å².